The number of nitrogens with zero attached hydrogens (tertiary/aromatic N) is 1. The van der Waals surface area contributed by atoms with Gasteiger partial charge in [-0.15, -0.1) is 0 Å². The fraction of sp³-hybridized carbons (Fsp3) is 1.00. The van der Waals surface area contributed by atoms with Crippen LogP contribution in [0, 0.1) is 0 Å². The predicted molar refractivity (Wildman–Crippen MR) is 39.8 cm³/mol. The Morgan fingerprint density at radius 2 is 2.00 bits per heavy atom. The molecular formula is C7H15N2O. The second-order valence-corrected chi connectivity index (χ2v) is 2.56. The van der Waals surface area contributed by atoms with Gasteiger partial charge in [0.15, 0.2) is 0 Å². The molecule has 0 aromatic carbocycles. The molecule has 1 aliphatic rings. The number of rotatable bonds is 3. The monoisotopic (exact) mass is 143 g/mol. The van der Waals surface area contributed by atoms with E-state index >= 15 is 0 Å². The standard InChI is InChI=1S/C7H15N2O/c8-2-1-3-9-4-6-10-7-5-9/h8H,1-7H2. The Balaban J connectivity index is 2.02. The van der Waals surface area contributed by atoms with Gasteiger partial charge in [-0.05, 0) is 13.0 Å². The van der Waals surface area contributed by atoms with Crippen LogP contribution in [0.3, 0.4) is 0 Å². The third-order valence-electron chi connectivity index (χ3n) is 1.75. The van der Waals surface area contributed by atoms with Crippen LogP contribution < -0.4 is 5.73 Å². The third-order valence-corrected chi connectivity index (χ3v) is 1.75. The Bertz CT molecular complexity index is 81.7. The van der Waals surface area contributed by atoms with Crippen LogP contribution in [-0.2, 0) is 4.74 Å². The van der Waals surface area contributed by atoms with Crippen molar-refractivity contribution >= 4 is 0 Å². The SMILES string of the molecule is [NH]CCCN1CCOCC1. The quantitative estimate of drug-likeness (QED) is 0.557. The second-order valence-electron chi connectivity index (χ2n) is 2.56. The third kappa shape index (κ3) is 2.64. The van der Waals surface area contributed by atoms with E-state index in [1.165, 1.54) is 0 Å². The molecule has 0 aromatic heterocycles. The first-order valence-electron chi connectivity index (χ1n) is 3.88. The van der Waals surface area contributed by atoms with Gasteiger partial charge in [0.25, 0.3) is 0 Å². The second kappa shape index (κ2) is 4.66. The van der Waals surface area contributed by atoms with Crippen molar-refractivity contribution in [3.63, 3.8) is 0 Å². The van der Waals surface area contributed by atoms with Gasteiger partial charge in [-0.25, -0.2) is 0 Å². The Morgan fingerprint density at radius 1 is 1.30 bits per heavy atom. The molecule has 1 aliphatic heterocycles. The van der Waals surface area contributed by atoms with Crippen LogP contribution in [0.4, 0.5) is 0 Å². The lowest BCUT2D eigenvalue weighted by Gasteiger charge is -2.26. The van der Waals surface area contributed by atoms with E-state index in [4.69, 9.17) is 10.5 Å². The highest BCUT2D eigenvalue weighted by Gasteiger charge is 2.08. The molecule has 3 heteroatoms. The van der Waals surface area contributed by atoms with E-state index in [-0.39, 0.29) is 0 Å². The minimum absolute atomic E-state index is 0.553. The zero-order chi connectivity index (χ0) is 7.23. The first-order chi connectivity index (χ1) is 4.93. The number of morpholine rings is 1. The summed E-state index contributed by atoms with van der Waals surface area (Å²) in [6, 6.07) is 0. The average Bonchev–Trinajstić information content (AvgIpc) is 2.03. The summed E-state index contributed by atoms with van der Waals surface area (Å²) < 4.78 is 5.19. The maximum atomic E-state index is 6.96. The summed E-state index contributed by atoms with van der Waals surface area (Å²) in [4.78, 5) is 2.36. The maximum absolute atomic E-state index is 6.96. The van der Waals surface area contributed by atoms with Crippen molar-refractivity contribution in [1.29, 1.82) is 0 Å². The van der Waals surface area contributed by atoms with Crippen molar-refractivity contribution < 1.29 is 4.74 Å². The van der Waals surface area contributed by atoms with Gasteiger partial charge >= 0.3 is 0 Å². The summed E-state index contributed by atoms with van der Waals surface area (Å²) in [5.74, 6) is 0. The summed E-state index contributed by atoms with van der Waals surface area (Å²) >= 11 is 0. The van der Waals surface area contributed by atoms with Gasteiger partial charge in [0.05, 0.1) is 13.2 Å². The lowest BCUT2D eigenvalue weighted by molar-refractivity contribution is 0.0376. The molecule has 10 heavy (non-hydrogen) atoms. The molecule has 0 unspecified atom stereocenters. The van der Waals surface area contributed by atoms with Crippen LogP contribution in [0.5, 0.6) is 0 Å². The summed E-state index contributed by atoms with van der Waals surface area (Å²) in [7, 11) is 0. The van der Waals surface area contributed by atoms with E-state index < -0.39 is 0 Å². The number of nitrogens with one attached hydrogen (secondary N) is 1. The van der Waals surface area contributed by atoms with E-state index in [1.54, 1.807) is 0 Å². The number of hydrogen-bond acceptors (Lipinski definition) is 2. The van der Waals surface area contributed by atoms with Gasteiger partial charge in [-0.2, -0.15) is 0 Å². The molecule has 3 nitrogen and oxygen atoms in total. The molecule has 1 saturated heterocycles. The van der Waals surface area contributed by atoms with Gasteiger partial charge in [-0.3, -0.25) is 10.6 Å². The fourth-order valence-corrected chi connectivity index (χ4v) is 1.13. The van der Waals surface area contributed by atoms with Crippen molar-refractivity contribution in [2.24, 2.45) is 0 Å². The fourth-order valence-electron chi connectivity index (χ4n) is 1.13. The van der Waals surface area contributed by atoms with Gasteiger partial charge in [0.1, 0.15) is 0 Å². The van der Waals surface area contributed by atoms with Crippen LogP contribution in [0.25, 0.3) is 0 Å². The van der Waals surface area contributed by atoms with E-state index in [0.29, 0.717) is 6.54 Å². The van der Waals surface area contributed by atoms with Crippen molar-refractivity contribution in [1.82, 2.24) is 10.6 Å². The van der Waals surface area contributed by atoms with Crippen molar-refractivity contribution in [3.8, 4) is 0 Å². The van der Waals surface area contributed by atoms with Crippen LogP contribution in [0.2, 0.25) is 0 Å². The molecular weight excluding hydrogens is 128 g/mol. The molecule has 0 saturated carbocycles. The van der Waals surface area contributed by atoms with Crippen LogP contribution in [0.15, 0.2) is 0 Å². The number of hydrogen-bond donors (Lipinski definition) is 0. The molecule has 0 atom stereocenters. The van der Waals surface area contributed by atoms with E-state index in [9.17, 15) is 0 Å². The minimum atomic E-state index is 0.553. The lowest BCUT2D eigenvalue weighted by atomic mass is 10.3. The predicted octanol–water partition coefficient (Wildman–Crippen LogP) is -0.00840. The van der Waals surface area contributed by atoms with Crippen LogP contribution >= 0.6 is 0 Å². The zero-order valence-electron chi connectivity index (χ0n) is 6.31. The lowest BCUT2D eigenvalue weighted by Crippen LogP contribution is -2.37. The van der Waals surface area contributed by atoms with Gasteiger partial charge in [-0.1, -0.05) is 0 Å². The minimum Gasteiger partial charge on any atom is -0.379 e. The summed E-state index contributed by atoms with van der Waals surface area (Å²) in [5.41, 5.74) is 6.96. The Morgan fingerprint density at radius 3 is 2.60 bits per heavy atom. The molecule has 0 bridgehead atoms. The number of ether oxygens (including phenoxy) is 1. The normalized spacial score (nSPS) is 21.3. The summed E-state index contributed by atoms with van der Waals surface area (Å²) in [5, 5.41) is 0. The van der Waals surface area contributed by atoms with E-state index in [2.05, 4.69) is 4.90 Å². The topological polar surface area (TPSA) is 36.3 Å². The smallest absolute Gasteiger partial charge is 0.0594 e. The average molecular weight is 143 g/mol. The van der Waals surface area contributed by atoms with Gasteiger partial charge < -0.3 is 4.74 Å². The van der Waals surface area contributed by atoms with Crippen LogP contribution in [-0.4, -0.2) is 44.3 Å². The first-order valence-corrected chi connectivity index (χ1v) is 3.88. The Kier molecular flexibility index (Phi) is 3.72. The van der Waals surface area contributed by atoms with Crippen molar-refractivity contribution in [2.75, 3.05) is 39.4 Å². The Labute approximate surface area is 62.1 Å². The maximum Gasteiger partial charge on any atom is 0.0594 e. The molecule has 1 N–H and O–H groups in total. The molecule has 0 spiro atoms. The summed E-state index contributed by atoms with van der Waals surface area (Å²) in [6.07, 6.45) is 1.00. The zero-order valence-corrected chi connectivity index (χ0v) is 6.31. The molecule has 59 valence electrons. The summed E-state index contributed by atoms with van der Waals surface area (Å²) in [6.45, 7) is 5.49. The molecule has 1 rings (SSSR count). The molecule has 0 aromatic rings. The van der Waals surface area contributed by atoms with Crippen LogP contribution in [0.1, 0.15) is 6.42 Å². The van der Waals surface area contributed by atoms with Crippen molar-refractivity contribution in [3.05, 3.63) is 0 Å². The molecule has 1 fully saturated rings. The molecule has 1 radical (unpaired) electrons. The highest BCUT2D eigenvalue weighted by atomic mass is 16.5. The highest BCUT2D eigenvalue weighted by Crippen LogP contribution is 1.96. The van der Waals surface area contributed by atoms with E-state index in [0.717, 1.165) is 39.3 Å². The van der Waals surface area contributed by atoms with Gasteiger partial charge in [0.2, 0.25) is 0 Å². The molecule has 1 heterocycles. The first kappa shape index (κ1) is 7.98. The Hall–Kier alpha value is -0.120. The largest absolute Gasteiger partial charge is 0.379 e. The van der Waals surface area contributed by atoms with Gasteiger partial charge in [0, 0.05) is 19.6 Å². The molecule has 0 aliphatic carbocycles. The van der Waals surface area contributed by atoms with Crippen molar-refractivity contribution in [2.45, 2.75) is 6.42 Å². The highest BCUT2D eigenvalue weighted by molar-refractivity contribution is 4.61. The molecule has 0 amide bonds. The van der Waals surface area contributed by atoms with E-state index in [1.807, 2.05) is 0 Å².